The first-order valence-corrected chi connectivity index (χ1v) is 5.27. The molecule has 0 heterocycles. The number of carbonyl (C=O) groups is 2. The summed E-state index contributed by atoms with van der Waals surface area (Å²) >= 11 is 0. The Morgan fingerprint density at radius 3 is 1.93 bits per heavy atom. The fourth-order valence-electron chi connectivity index (χ4n) is 1.38. The summed E-state index contributed by atoms with van der Waals surface area (Å²) in [5.41, 5.74) is 10.1. The fraction of sp³-hybridized carbons (Fsp3) is 0.800. The molecule has 0 aromatic carbocycles. The van der Waals surface area contributed by atoms with E-state index in [-0.39, 0.29) is 12.5 Å². The lowest BCUT2D eigenvalue weighted by Crippen LogP contribution is -2.56. The smallest absolute Gasteiger partial charge is 0.243 e. The average Bonchev–Trinajstić information content (AvgIpc) is 2.23. The largest absolute Gasteiger partial charge is 0.368 e. The molecule has 0 saturated carbocycles. The van der Waals surface area contributed by atoms with E-state index in [9.17, 15) is 9.59 Å². The minimum absolute atomic E-state index is 0.0612. The SMILES string of the molecule is CCN(CC(N)=O)C(=O)C(N)(CC)CC. The number of hydrogen-bond acceptors (Lipinski definition) is 3. The fourth-order valence-corrected chi connectivity index (χ4v) is 1.38. The van der Waals surface area contributed by atoms with Gasteiger partial charge in [0, 0.05) is 6.54 Å². The molecule has 0 rings (SSSR count). The molecule has 0 atom stereocenters. The number of nitrogens with zero attached hydrogens (tertiary/aromatic N) is 1. The summed E-state index contributed by atoms with van der Waals surface area (Å²) in [7, 11) is 0. The molecule has 0 fully saturated rings. The van der Waals surface area contributed by atoms with Crippen molar-refractivity contribution in [1.82, 2.24) is 4.90 Å². The van der Waals surface area contributed by atoms with Crippen LogP contribution >= 0.6 is 0 Å². The van der Waals surface area contributed by atoms with Crippen LogP contribution in [0.5, 0.6) is 0 Å². The second kappa shape index (κ2) is 5.70. The Labute approximate surface area is 90.8 Å². The topological polar surface area (TPSA) is 89.4 Å². The molecule has 0 aromatic heterocycles. The van der Waals surface area contributed by atoms with Gasteiger partial charge in [0.15, 0.2) is 0 Å². The van der Waals surface area contributed by atoms with E-state index in [1.165, 1.54) is 4.90 Å². The van der Waals surface area contributed by atoms with E-state index < -0.39 is 11.4 Å². The second-order valence-corrected chi connectivity index (χ2v) is 3.65. The highest BCUT2D eigenvalue weighted by atomic mass is 16.2. The summed E-state index contributed by atoms with van der Waals surface area (Å²) in [5.74, 6) is -0.714. The quantitative estimate of drug-likeness (QED) is 0.645. The van der Waals surface area contributed by atoms with Gasteiger partial charge in [0.05, 0.1) is 12.1 Å². The molecule has 5 heteroatoms. The molecule has 0 radical (unpaired) electrons. The van der Waals surface area contributed by atoms with Crippen molar-refractivity contribution in [2.75, 3.05) is 13.1 Å². The summed E-state index contributed by atoms with van der Waals surface area (Å²) in [4.78, 5) is 24.1. The number of hydrogen-bond donors (Lipinski definition) is 2. The molecule has 5 nitrogen and oxygen atoms in total. The van der Waals surface area contributed by atoms with Gasteiger partial charge in [0.25, 0.3) is 0 Å². The third-order valence-electron chi connectivity index (χ3n) is 2.70. The zero-order chi connectivity index (χ0) is 12.1. The van der Waals surface area contributed by atoms with E-state index in [1.54, 1.807) is 6.92 Å². The predicted octanol–water partition coefficient (Wildman–Crippen LogP) is -0.162. The Bertz CT molecular complexity index is 237. The van der Waals surface area contributed by atoms with E-state index in [0.717, 1.165) is 0 Å². The molecule has 0 aliphatic heterocycles. The van der Waals surface area contributed by atoms with Gasteiger partial charge < -0.3 is 16.4 Å². The predicted molar refractivity (Wildman–Crippen MR) is 58.9 cm³/mol. The molecule has 0 saturated heterocycles. The third-order valence-corrected chi connectivity index (χ3v) is 2.70. The third kappa shape index (κ3) is 3.51. The molecule has 15 heavy (non-hydrogen) atoms. The first kappa shape index (κ1) is 13.9. The molecule has 0 aliphatic rings. The van der Waals surface area contributed by atoms with Crippen molar-refractivity contribution in [3.8, 4) is 0 Å². The van der Waals surface area contributed by atoms with Gasteiger partial charge in [-0.1, -0.05) is 13.8 Å². The number of rotatable bonds is 6. The summed E-state index contributed by atoms with van der Waals surface area (Å²) in [5, 5.41) is 0. The maximum Gasteiger partial charge on any atom is 0.243 e. The van der Waals surface area contributed by atoms with Gasteiger partial charge in [0.1, 0.15) is 0 Å². The van der Waals surface area contributed by atoms with Gasteiger partial charge in [-0.05, 0) is 19.8 Å². The Morgan fingerprint density at radius 1 is 1.20 bits per heavy atom. The van der Waals surface area contributed by atoms with E-state index in [1.807, 2.05) is 13.8 Å². The lowest BCUT2D eigenvalue weighted by molar-refractivity contribution is -0.140. The van der Waals surface area contributed by atoms with Gasteiger partial charge in [-0.3, -0.25) is 9.59 Å². The summed E-state index contributed by atoms with van der Waals surface area (Å²) in [6.45, 7) is 5.90. The number of carbonyl (C=O) groups excluding carboxylic acids is 2. The summed E-state index contributed by atoms with van der Waals surface area (Å²) < 4.78 is 0. The van der Waals surface area contributed by atoms with Crippen molar-refractivity contribution >= 4 is 11.8 Å². The van der Waals surface area contributed by atoms with Crippen molar-refractivity contribution in [1.29, 1.82) is 0 Å². The van der Waals surface area contributed by atoms with Gasteiger partial charge in [0.2, 0.25) is 11.8 Å². The van der Waals surface area contributed by atoms with Crippen LogP contribution in [0.15, 0.2) is 0 Å². The second-order valence-electron chi connectivity index (χ2n) is 3.65. The summed E-state index contributed by atoms with van der Waals surface area (Å²) in [6.07, 6.45) is 1.11. The molecular formula is C10H21N3O2. The van der Waals surface area contributed by atoms with Crippen LogP contribution in [-0.2, 0) is 9.59 Å². The average molecular weight is 215 g/mol. The van der Waals surface area contributed by atoms with Gasteiger partial charge in [-0.15, -0.1) is 0 Å². The van der Waals surface area contributed by atoms with Crippen LogP contribution < -0.4 is 11.5 Å². The number of likely N-dealkylation sites (N-methyl/N-ethyl adjacent to an activating group) is 1. The highest BCUT2D eigenvalue weighted by Crippen LogP contribution is 2.14. The summed E-state index contributed by atoms with van der Waals surface area (Å²) in [6, 6.07) is 0. The van der Waals surface area contributed by atoms with E-state index >= 15 is 0 Å². The van der Waals surface area contributed by atoms with Crippen molar-refractivity contribution < 1.29 is 9.59 Å². The Balaban J connectivity index is 4.70. The first-order chi connectivity index (χ1) is 6.91. The molecule has 0 unspecified atom stereocenters. The van der Waals surface area contributed by atoms with Gasteiger partial charge >= 0.3 is 0 Å². The van der Waals surface area contributed by atoms with Crippen LogP contribution in [0.1, 0.15) is 33.6 Å². The van der Waals surface area contributed by atoms with Crippen LogP contribution in [-0.4, -0.2) is 35.3 Å². The lowest BCUT2D eigenvalue weighted by atomic mass is 9.92. The molecule has 0 spiro atoms. The molecule has 4 N–H and O–H groups in total. The monoisotopic (exact) mass is 215 g/mol. The van der Waals surface area contributed by atoms with Gasteiger partial charge in [-0.2, -0.15) is 0 Å². The van der Waals surface area contributed by atoms with E-state index in [4.69, 9.17) is 11.5 Å². The molecular weight excluding hydrogens is 194 g/mol. The Morgan fingerprint density at radius 2 is 1.67 bits per heavy atom. The highest BCUT2D eigenvalue weighted by molar-refractivity contribution is 5.89. The van der Waals surface area contributed by atoms with Crippen LogP contribution in [0, 0.1) is 0 Å². The van der Waals surface area contributed by atoms with E-state index in [2.05, 4.69) is 0 Å². The van der Waals surface area contributed by atoms with Crippen LogP contribution in [0.25, 0.3) is 0 Å². The maximum absolute atomic E-state index is 12.0. The first-order valence-electron chi connectivity index (χ1n) is 5.27. The molecule has 88 valence electrons. The van der Waals surface area contributed by atoms with Crippen LogP contribution in [0.4, 0.5) is 0 Å². The molecule has 2 amide bonds. The van der Waals surface area contributed by atoms with Gasteiger partial charge in [-0.25, -0.2) is 0 Å². The number of amides is 2. The minimum atomic E-state index is -0.870. The zero-order valence-electron chi connectivity index (χ0n) is 9.75. The minimum Gasteiger partial charge on any atom is -0.368 e. The lowest BCUT2D eigenvalue weighted by Gasteiger charge is -2.31. The molecule has 0 bridgehead atoms. The maximum atomic E-state index is 12.0. The van der Waals surface area contributed by atoms with Crippen molar-refractivity contribution in [2.24, 2.45) is 11.5 Å². The number of nitrogens with two attached hydrogens (primary N) is 2. The highest BCUT2D eigenvalue weighted by Gasteiger charge is 2.33. The van der Waals surface area contributed by atoms with Crippen molar-refractivity contribution in [3.05, 3.63) is 0 Å². The molecule has 0 aromatic rings. The number of primary amides is 1. The Hall–Kier alpha value is -1.10. The van der Waals surface area contributed by atoms with Crippen LogP contribution in [0.3, 0.4) is 0 Å². The van der Waals surface area contributed by atoms with Crippen molar-refractivity contribution in [2.45, 2.75) is 39.2 Å². The zero-order valence-corrected chi connectivity index (χ0v) is 9.75. The van der Waals surface area contributed by atoms with Crippen molar-refractivity contribution in [3.63, 3.8) is 0 Å². The normalized spacial score (nSPS) is 11.2. The Kier molecular flexibility index (Phi) is 5.28. The molecule has 0 aliphatic carbocycles. The van der Waals surface area contributed by atoms with Crippen LogP contribution in [0.2, 0.25) is 0 Å². The standard InChI is InChI=1S/C10H21N3O2/c1-4-10(12,5-2)9(15)13(6-3)7-8(11)14/h4-7,12H2,1-3H3,(H2,11,14). The van der Waals surface area contributed by atoms with E-state index in [0.29, 0.717) is 19.4 Å².